The zero-order valence-corrected chi connectivity index (χ0v) is 10.2. The largest absolute Gasteiger partial charge is 0.432 e. The lowest BCUT2D eigenvalue weighted by Gasteiger charge is -2.11. The van der Waals surface area contributed by atoms with Gasteiger partial charge in [0.05, 0.1) is 0 Å². The minimum atomic E-state index is -0.474. The Bertz CT molecular complexity index is 70.0. The van der Waals surface area contributed by atoms with E-state index in [9.17, 15) is 0 Å². The van der Waals surface area contributed by atoms with Crippen molar-refractivity contribution in [1.29, 1.82) is 0 Å². The van der Waals surface area contributed by atoms with Crippen LogP contribution in [-0.4, -0.2) is 23.4 Å². The first-order valence-electron chi connectivity index (χ1n) is 3.95. The van der Waals surface area contributed by atoms with Crippen molar-refractivity contribution in [2.75, 3.05) is 11.5 Å². The summed E-state index contributed by atoms with van der Waals surface area (Å²) < 4.78 is 0.954. The highest BCUT2D eigenvalue weighted by molar-refractivity contribution is 8.54. The molecule has 0 aromatic rings. The molecule has 0 radical (unpaired) electrons. The van der Waals surface area contributed by atoms with Gasteiger partial charge in [0.1, 0.15) is 0 Å². The van der Waals surface area contributed by atoms with Crippen molar-refractivity contribution in [1.82, 2.24) is 0 Å². The first-order valence-corrected chi connectivity index (χ1v) is 9.54. The maximum atomic E-state index is 2.36. The third-order valence-electron chi connectivity index (χ3n) is 1.21. The third-order valence-corrected chi connectivity index (χ3v) is 13.3. The fourth-order valence-electron chi connectivity index (χ4n) is 0.762. The van der Waals surface area contributed by atoms with E-state index >= 15 is 0 Å². The molecule has 0 unspecified atom stereocenters. The molecule has 0 atom stereocenters. The summed E-state index contributed by atoms with van der Waals surface area (Å²) in [6.45, 7) is 9.26. The van der Waals surface area contributed by atoms with Crippen molar-refractivity contribution in [3.05, 3.63) is 0 Å². The molecule has 10 heavy (non-hydrogen) atoms. The van der Waals surface area contributed by atoms with Gasteiger partial charge >= 0.3 is 11.9 Å². The van der Waals surface area contributed by atoms with Gasteiger partial charge in [-0.2, -0.15) is 0 Å². The van der Waals surface area contributed by atoms with Crippen LogP contribution in [0.15, 0.2) is 0 Å². The van der Waals surface area contributed by atoms with Crippen molar-refractivity contribution in [3.8, 4) is 0 Å². The van der Waals surface area contributed by atoms with Crippen molar-refractivity contribution >= 4 is 32.1 Å². The fourth-order valence-corrected chi connectivity index (χ4v) is 10.2. The van der Waals surface area contributed by atoms with Crippen molar-refractivity contribution in [2.45, 2.75) is 32.5 Å². The molecular formula is C7H17AlS2. The molecule has 0 rings (SSSR count). The second kappa shape index (κ2) is 6.91. The van der Waals surface area contributed by atoms with Crippen LogP contribution >= 0.6 is 20.3 Å². The maximum Gasteiger partial charge on any atom is 0.432 e. The van der Waals surface area contributed by atoms with E-state index in [0.29, 0.717) is 0 Å². The molecule has 0 aliphatic carbocycles. The Morgan fingerprint density at radius 2 is 1.50 bits per heavy atom. The molecule has 0 aliphatic heterocycles. The van der Waals surface area contributed by atoms with Crippen LogP contribution < -0.4 is 0 Å². The average molecular weight is 192 g/mol. The van der Waals surface area contributed by atoms with E-state index in [4.69, 9.17) is 0 Å². The SMILES string of the molecule is CC[S][Al]([S]CC)[CH](C)C. The summed E-state index contributed by atoms with van der Waals surface area (Å²) in [4.78, 5) is 0. The van der Waals surface area contributed by atoms with Gasteiger partial charge in [-0.15, -0.1) is 0 Å². The highest BCUT2D eigenvalue weighted by Crippen LogP contribution is 2.28. The van der Waals surface area contributed by atoms with Crippen LogP contribution in [0.1, 0.15) is 27.7 Å². The predicted octanol–water partition coefficient (Wildman–Crippen LogP) is 3.39. The van der Waals surface area contributed by atoms with Gasteiger partial charge in [0, 0.05) is 0 Å². The predicted molar refractivity (Wildman–Crippen MR) is 57.1 cm³/mol. The molecule has 0 fully saturated rings. The highest BCUT2D eigenvalue weighted by Gasteiger charge is 2.21. The molecule has 0 saturated heterocycles. The van der Waals surface area contributed by atoms with Gasteiger partial charge in [-0.05, 0) is 11.5 Å². The minimum absolute atomic E-state index is 0.474. The summed E-state index contributed by atoms with van der Waals surface area (Å²) in [5.74, 6) is 2.62. The normalized spacial score (nSPS) is 10.5. The number of rotatable bonds is 5. The highest BCUT2D eigenvalue weighted by atomic mass is 32.5. The van der Waals surface area contributed by atoms with Gasteiger partial charge in [-0.25, -0.2) is 20.3 Å². The molecule has 0 saturated carbocycles. The first kappa shape index (κ1) is 11.2. The molecule has 60 valence electrons. The van der Waals surface area contributed by atoms with Gasteiger partial charge in [0.2, 0.25) is 0 Å². The van der Waals surface area contributed by atoms with Crippen molar-refractivity contribution < 1.29 is 0 Å². The molecule has 0 heterocycles. The average Bonchev–Trinajstić information content (AvgIpc) is 1.87. The van der Waals surface area contributed by atoms with Gasteiger partial charge < -0.3 is 0 Å². The molecule has 0 amide bonds. The topological polar surface area (TPSA) is 0 Å². The molecule has 3 heteroatoms. The lowest BCUT2D eigenvalue weighted by Crippen LogP contribution is -2.08. The van der Waals surface area contributed by atoms with Gasteiger partial charge in [-0.1, -0.05) is 32.5 Å². The Morgan fingerprint density at radius 3 is 1.70 bits per heavy atom. The van der Waals surface area contributed by atoms with Crippen LogP contribution in [0.2, 0.25) is 4.78 Å². The molecule has 0 aromatic heterocycles. The van der Waals surface area contributed by atoms with E-state index in [1.807, 2.05) is 0 Å². The van der Waals surface area contributed by atoms with Crippen LogP contribution in [0.3, 0.4) is 0 Å². The van der Waals surface area contributed by atoms with Crippen LogP contribution in [0.4, 0.5) is 0 Å². The summed E-state index contributed by atoms with van der Waals surface area (Å²) in [6.07, 6.45) is 0. The second-order valence-electron chi connectivity index (χ2n) is 2.52. The standard InChI is InChI=1S/C3H7.2C2H6S.Al/c1-3-2;2*1-2-3;/h3H,1-2H3;2*3H,2H2,1H3;/q;;;+2/p-2. The summed E-state index contributed by atoms with van der Waals surface area (Å²) >= 11 is -0.474. The van der Waals surface area contributed by atoms with E-state index in [1.165, 1.54) is 11.5 Å². The van der Waals surface area contributed by atoms with Gasteiger partial charge in [0.15, 0.2) is 0 Å². The summed E-state index contributed by atoms with van der Waals surface area (Å²) in [7, 11) is 4.42. The summed E-state index contributed by atoms with van der Waals surface area (Å²) in [5.41, 5.74) is 0. The minimum Gasteiger partial charge on any atom is -0.241 e. The first-order chi connectivity index (χ1) is 4.72. The Hall–Kier alpha value is 1.23. The van der Waals surface area contributed by atoms with E-state index < -0.39 is 11.9 Å². The molecular weight excluding hydrogens is 175 g/mol. The molecule has 0 bridgehead atoms. The van der Waals surface area contributed by atoms with E-state index in [-0.39, 0.29) is 0 Å². The van der Waals surface area contributed by atoms with E-state index in [0.717, 1.165) is 4.78 Å². The molecule has 0 nitrogen and oxygen atoms in total. The summed E-state index contributed by atoms with van der Waals surface area (Å²) in [6, 6.07) is 0. The molecule has 0 N–H and O–H groups in total. The Kier molecular flexibility index (Phi) is 7.76. The summed E-state index contributed by atoms with van der Waals surface area (Å²) in [5, 5.41) is 0. The lowest BCUT2D eigenvalue weighted by molar-refractivity contribution is 1.07. The zero-order valence-electron chi connectivity index (χ0n) is 7.39. The van der Waals surface area contributed by atoms with Crippen LogP contribution in [0.5, 0.6) is 0 Å². The fraction of sp³-hybridized carbons (Fsp3) is 1.00. The Morgan fingerprint density at radius 1 is 1.10 bits per heavy atom. The van der Waals surface area contributed by atoms with E-state index in [1.54, 1.807) is 0 Å². The zero-order chi connectivity index (χ0) is 7.98. The number of hydrogen-bond donors (Lipinski definition) is 0. The monoisotopic (exact) mass is 192 g/mol. The lowest BCUT2D eigenvalue weighted by atomic mass is 10.6. The van der Waals surface area contributed by atoms with Crippen LogP contribution in [-0.2, 0) is 0 Å². The molecule has 0 aromatic carbocycles. The Balaban J connectivity index is 3.50. The Labute approximate surface area is 76.0 Å². The van der Waals surface area contributed by atoms with Gasteiger partial charge in [0.25, 0.3) is 0 Å². The van der Waals surface area contributed by atoms with E-state index in [2.05, 4.69) is 48.0 Å². The van der Waals surface area contributed by atoms with Crippen LogP contribution in [0.25, 0.3) is 0 Å². The second-order valence-corrected chi connectivity index (χ2v) is 12.4. The molecule has 0 aliphatic rings. The van der Waals surface area contributed by atoms with Crippen molar-refractivity contribution in [2.24, 2.45) is 0 Å². The van der Waals surface area contributed by atoms with Crippen molar-refractivity contribution in [3.63, 3.8) is 0 Å². The van der Waals surface area contributed by atoms with Crippen LogP contribution in [0, 0.1) is 0 Å². The smallest absolute Gasteiger partial charge is 0.241 e. The quantitative estimate of drug-likeness (QED) is 0.612. The maximum absolute atomic E-state index is 2.36. The number of hydrogen-bond acceptors (Lipinski definition) is 2. The molecule has 0 spiro atoms. The third kappa shape index (κ3) is 4.96. The van der Waals surface area contributed by atoms with Gasteiger partial charge in [-0.3, -0.25) is 0 Å².